The van der Waals surface area contributed by atoms with Crippen LogP contribution in [0, 0.1) is 22.5 Å². The average molecular weight is 848 g/mol. The minimum Gasteiger partial charge on any atom is -0.451 e. The number of rotatable bonds is 7. The smallest absolute Gasteiger partial charge is 0.426 e. The Hall–Kier alpha value is 0.400. The summed E-state index contributed by atoms with van der Waals surface area (Å²) in [6.45, 7) is 0. The summed E-state index contributed by atoms with van der Waals surface area (Å²) < 4.78 is 82.8. The van der Waals surface area contributed by atoms with Gasteiger partial charge in [-0.05, 0) is 99.0 Å². The number of carbonyl (C=O) groups is 2. The minimum atomic E-state index is -5.22. The summed E-state index contributed by atoms with van der Waals surface area (Å²) in [4.78, 5) is 25.9. The molecular weight excluding hydrogens is 830 g/mol. The third kappa shape index (κ3) is 8.49. The van der Waals surface area contributed by atoms with Crippen molar-refractivity contribution in [2.75, 3.05) is 12.0 Å². The molecule has 1 saturated carbocycles. The first kappa shape index (κ1) is 29.6. The summed E-state index contributed by atoms with van der Waals surface area (Å²) in [7, 11) is -5.08. The number of thioether (sulfide) groups is 1. The van der Waals surface area contributed by atoms with E-state index in [0.29, 0.717) is 25.7 Å². The van der Waals surface area contributed by atoms with Crippen molar-refractivity contribution in [2.45, 2.75) is 36.8 Å². The van der Waals surface area contributed by atoms with E-state index in [1.165, 1.54) is 11.8 Å². The Morgan fingerprint density at radius 2 is 1.76 bits per heavy atom. The van der Waals surface area contributed by atoms with E-state index in [1.807, 2.05) is 45.2 Å². The van der Waals surface area contributed by atoms with Crippen LogP contribution in [-0.4, -0.2) is 54.4 Å². The van der Waals surface area contributed by atoms with Gasteiger partial charge in [0.05, 0.1) is 19.0 Å². The van der Waals surface area contributed by atoms with Crippen LogP contribution in [-0.2, 0) is 24.4 Å². The monoisotopic (exact) mass is 848 g/mol. The van der Waals surface area contributed by atoms with Crippen LogP contribution in [0.3, 0.4) is 0 Å². The molecule has 0 heterocycles. The number of benzene rings is 1. The minimum absolute atomic E-state index is 0.0764. The van der Waals surface area contributed by atoms with Gasteiger partial charge < -0.3 is 9.47 Å². The van der Waals surface area contributed by atoms with E-state index in [4.69, 9.17) is 9.29 Å². The van der Waals surface area contributed by atoms with Crippen LogP contribution in [0.15, 0.2) is 12.1 Å². The maximum atomic E-state index is 13.2. The fourth-order valence-electron chi connectivity index (χ4n) is 3.41. The van der Waals surface area contributed by atoms with Crippen molar-refractivity contribution in [3.05, 3.63) is 22.8 Å². The Labute approximate surface area is 233 Å². The lowest BCUT2D eigenvalue weighted by Crippen LogP contribution is -2.46. The van der Waals surface area contributed by atoms with E-state index in [2.05, 4.69) is 27.3 Å². The lowest BCUT2D eigenvalue weighted by atomic mass is 9.78. The van der Waals surface area contributed by atoms with Gasteiger partial charge >= 0.3 is 18.1 Å². The van der Waals surface area contributed by atoms with Gasteiger partial charge in [0.15, 0.2) is 5.75 Å². The maximum absolute atomic E-state index is 13.2. The molecule has 0 amide bonds. The normalized spacial score (nSPS) is 22.5. The van der Waals surface area contributed by atoms with Crippen LogP contribution in [0.25, 0.3) is 0 Å². The lowest BCUT2D eigenvalue weighted by molar-refractivity contribution is -0.219. The molecule has 4 unspecified atom stereocenters. The second-order valence-electron chi connectivity index (χ2n) is 7.17. The van der Waals surface area contributed by atoms with Gasteiger partial charge in [-0.15, -0.1) is 0 Å². The fraction of sp³-hybridized carbons (Fsp3) is 0.556. The van der Waals surface area contributed by atoms with Crippen molar-refractivity contribution in [3.8, 4) is 5.75 Å². The molecule has 0 aliphatic heterocycles. The number of alkyl halides is 3. The predicted molar refractivity (Wildman–Crippen MR) is 141 cm³/mol. The van der Waals surface area contributed by atoms with Crippen LogP contribution in [0.1, 0.15) is 19.3 Å². The molecule has 33 heavy (non-hydrogen) atoms. The van der Waals surface area contributed by atoms with E-state index >= 15 is 0 Å². The van der Waals surface area contributed by atoms with E-state index < -0.39 is 57.2 Å². The number of halogens is 6. The molecule has 1 aromatic carbocycles. The molecule has 0 spiro atoms. The summed E-state index contributed by atoms with van der Waals surface area (Å²) in [5.74, 6) is -6.01. The van der Waals surface area contributed by atoms with Gasteiger partial charge in [0.1, 0.15) is 5.75 Å². The highest BCUT2D eigenvalue weighted by atomic mass is 127. The van der Waals surface area contributed by atoms with Crippen molar-refractivity contribution < 1.29 is 45.2 Å². The quantitative estimate of drug-likeness (QED) is 0.179. The van der Waals surface area contributed by atoms with E-state index in [0.717, 1.165) is 3.57 Å². The van der Waals surface area contributed by atoms with Crippen LogP contribution in [0.2, 0.25) is 0 Å². The average Bonchev–Trinajstić information content (AvgIpc) is 2.67. The first-order chi connectivity index (χ1) is 15.1. The number of esters is 2. The van der Waals surface area contributed by atoms with E-state index in [-0.39, 0.29) is 6.42 Å². The molecule has 0 radical (unpaired) electrons. The summed E-state index contributed by atoms with van der Waals surface area (Å²) in [5, 5.41) is -0.408. The highest BCUT2D eigenvalue weighted by Crippen LogP contribution is 2.40. The van der Waals surface area contributed by atoms with Crippen molar-refractivity contribution in [1.82, 2.24) is 0 Å². The summed E-state index contributed by atoms with van der Waals surface area (Å²) >= 11 is 7.39. The molecule has 4 atom stereocenters. The molecule has 186 valence electrons. The Bertz CT molecular complexity index is 981. The van der Waals surface area contributed by atoms with Crippen LogP contribution >= 0.6 is 79.5 Å². The van der Waals surface area contributed by atoms with E-state index in [9.17, 15) is 31.2 Å². The number of carbonyl (C=O) groups excluding carboxylic acids is 2. The van der Waals surface area contributed by atoms with Gasteiger partial charge in [0.25, 0.3) is 10.1 Å². The largest absolute Gasteiger partial charge is 0.451 e. The Morgan fingerprint density at radius 3 is 2.24 bits per heavy atom. The zero-order chi connectivity index (χ0) is 25.1. The van der Waals surface area contributed by atoms with Gasteiger partial charge in [0, 0.05) is 8.82 Å². The third-order valence-electron chi connectivity index (χ3n) is 4.87. The van der Waals surface area contributed by atoms with Crippen LogP contribution < -0.4 is 4.74 Å². The Balaban J connectivity index is 2.32. The molecule has 7 nitrogen and oxygen atoms in total. The highest BCUT2D eigenvalue weighted by molar-refractivity contribution is 14.1. The number of hydrogen-bond donors (Lipinski definition) is 1. The van der Waals surface area contributed by atoms with Crippen molar-refractivity contribution in [3.63, 3.8) is 0 Å². The molecule has 1 fully saturated rings. The summed E-state index contributed by atoms with van der Waals surface area (Å²) in [6.07, 6.45) is -5.48. The predicted octanol–water partition coefficient (Wildman–Crippen LogP) is 4.92. The molecule has 0 bridgehead atoms. The Kier molecular flexibility index (Phi) is 10.9. The van der Waals surface area contributed by atoms with Gasteiger partial charge in [-0.1, -0.05) is 6.42 Å². The standard InChI is InChI=1S/C18H18F3I3O7S2/c1-32-12-4-2-3-9(16(25)30-13(18(19,20)21)7-33(27,28)29)14(12)17(26)31-15-10(23)5-8(22)6-11(15)24/h5-6,9,12-14H,2-4,7H2,1H3,(H,27,28,29). The summed E-state index contributed by atoms with van der Waals surface area (Å²) in [5.41, 5.74) is 0. The molecular formula is C18H18F3I3O7S2. The van der Waals surface area contributed by atoms with Crippen LogP contribution in [0.5, 0.6) is 5.75 Å². The Morgan fingerprint density at radius 1 is 1.18 bits per heavy atom. The van der Waals surface area contributed by atoms with Crippen molar-refractivity contribution in [1.29, 1.82) is 0 Å². The number of hydrogen-bond acceptors (Lipinski definition) is 7. The van der Waals surface area contributed by atoms with Crippen molar-refractivity contribution in [2.24, 2.45) is 11.8 Å². The van der Waals surface area contributed by atoms with Crippen LogP contribution in [0.4, 0.5) is 13.2 Å². The van der Waals surface area contributed by atoms with Crippen molar-refractivity contribution >= 4 is 102 Å². The first-order valence-electron chi connectivity index (χ1n) is 9.25. The zero-order valence-electron chi connectivity index (χ0n) is 16.8. The van der Waals surface area contributed by atoms with E-state index in [1.54, 1.807) is 18.4 Å². The topological polar surface area (TPSA) is 107 Å². The second-order valence-corrected chi connectivity index (χ2v) is 13.3. The molecule has 0 aromatic heterocycles. The fourth-order valence-corrected chi connectivity index (χ4v) is 8.85. The lowest BCUT2D eigenvalue weighted by Gasteiger charge is -2.35. The van der Waals surface area contributed by atoms with Gasteiger partial charge in [-0.2, -0.15) is 33.4 Å². The molecule has 15 heteroatoms. The summed E-state index contributed by atoms with van der Waals surface area (Å²) in [6, 6.07) is 3.57. The van der Waals surface area contributed by atoms with Gasteiger partial charge in [-0.25, -0.2) is 0 Å². The zero-order valence-corrected chi connectivity index (χ0v) is 24.9. The highest BCUT2D eigenvalue weighted by Gasteiger charge is 2.49. The molecule has 1 aliphatic rings. The number of ether oxygens (including phenoxy) is 2. The molecule has 1 aromatic rings. The molecule has 1 N–H and O–H groups in total. The molecule has 2 rings (SSSR count). The molecule has 1 aliphatic carbocycles. The first-order valence-corrected chi connectivity index (χ1v) is 15.4. The van der Waals surface area contributed by atoms with Gasteiger partial charge in [-0.3, -0.25) is 14.1 Å². The second kappa shape index (κ2) is 12.1. The SMILES string of the molecule is CSC1CCCC(C(=O)OC(CS(=O)(=O)O)C(F)(F)F)C1C(=O)Oc1c(I)cc(I)cc1I. The third-order valence-corrected chi connectivity index (χ3v) is 8.95. The maximum Gasteiger partial charge on any atom is 0.426 e. The molecule has 0 saturated heterocycles. The van der Waals surface area contributed by atoms with Gasteiger partial charge in [0.2, 0.25) is 6.10 Å².